The van der Waals surface area contributed by atoms with Crippen LogP contribution in [0.4, 0.5) is 0 Å². The van der Waals surface area contributed by atoms with Crippen LogP contribution in [0.15, 0.2) is 12.2 Å². The summed E-state index contributed by atoms with van der Waals surface area (Å²) >= 11 is 0. The predicted molar refractivity (Wildman–Crippen MR) is 73.4 cm³/mol. The lowest BCUT2D eigenvalue weighted by atomic mass is 9.70. The summed E-state index contributed by atoms with van der Waals surface area (Å²) in [6.07, 6.45) is -4.02. The Hall–Kier alpha value is -0.990. The van der Waals surface area contributed by atoms with Crippen LogP contribution in [0.2, 0.25) is 0 Å². The standard InChI is InChI=1S/C15H22O7/c1-6-7-4-5-13(2,19)15(21)9(8(7)22-12(6)18)14(3,20)10(16)11(15)17/h7-11,16-17,19-21H,1,4-5H2,2-3H3/t7-,8-,9-,10+,11-,13+,14+,15+/m0/s1. The zero-order valence-corrected chi connectivity index (χ0v) is 12.6. The first-order chi connectivity index (χ1) is 9.96. The molecule has 7 heteroatoms. The van der Waals surface area contributed by atoms with E-state index in [1.54, 1.807) is 0 Å². The van der Waals surface area contributed by atoms with Gasteiger partial charge in [0.05, 0.1) is 17.1 Å². The Morgan fingerprint density at radius 2 is 1.77 bits per heavy atom. The summed E-state index contributed by atoms with van der Waals surface area (Å²) in [5, 5.41) is 52.9. The lowest BCUT2D eigenvalue weighted by Gasteiger charge is -2.45. The second-order valence-electron chi connectivity index (χ2n) is 7.23. The number of esters is 1. The van der Waals surface area contributed by atoms with Crippen molar-refractivity contribution < 1.29 is 35.1 Å². The number of rotatable bonds is 0. The van der Waals surface area contributed by atoms with E-state index in [1.807, 2.05) is 0 Å². The first-order valence-corrected chi connectivity index (χ1v) is 7.39. The average Bonchev–Trinajstić information content (AvgIpc) is 2.71. The maximum absolute atomic E-state index is 11.8. The quantitative estimate of drug-likeness (QED) is 0.271. The number of ether oxygens (including phenoxy) is 1. The highest BCUT2D eigenvalue weighted by atomic mass is 16.6. The summed E-state index contributed by atoms with van der Waals surface area (Å²) < 4.78 is 5.27. The van der Waals surface area contributed by atoms with Gasteiger partial charge in [-0.1, -0.05) is 6.58 Å². The topological polar surface area (TPSA) is 127 Å². The Kier molecular flexibility index (Phi) is 3.11. The zero-order chi connectivity index (χ0) is 16.7. The van der Waals surface area contributed by atoms with E-state index in [2.05, 4.69) is 6.58 Å². The summed E-state index contributed by atoms with van der Waals surface area (Å²) in [5.74, 6) is -2.34. The molecule has 1 aliphatic heterocycles. The largest absolute Gasteiger partial charge is 0.458 e. The molecule has 0 spiro atoms. The number of hydrogen-bond acceptors (Lipinski definition) is 7. The van der Waals surface area contributed by atoms with Gasteiger partial charge in [0.15, 0.2) is 0 Å². The number of carbonyl (C=O) groups excluding carboxylic acids is 1. The van der Waals surface area contributed by atoms with Gasteiger partial charge in [-0.3, -0.25) is 0 Å². The maximum atomic E-state index is 11.8. The Morgan fingerprint density at radius 3 is 2.36 bits per heavy atom. The summed E-state index contributed by atoms with van der Waals surface area (Å²) in [5.41, 5.74) is -5.69. The van der Waals surface area contributed by atoms with Crippen molar-refractivity contribution in [1.82, 2.24) is 0 Å². The Balaban J connectivity index is 2.19. The van der Waals surface area contributed by atoms with Crippen molar-refractivity contribution in [3.8, 4) is 0 Å². The molecule has 124 valence electrons. The van der Waals surface area contributed by atoms with Crippen LogP contribution in [0.3, 0.4) is 0 Å². The summed E-state index contributed by atoms with van der Waals surface area (Å²) in [4.78, 5) is 11.8. The monoisotopic (exact) mass is 314 g/mol. The summed E-state index contributed by atoms with van der Waals surface area (Å²) in [6.45, 7) is 6.30. The average molecular weight is 314 g/mol. The van der Waals surface area contributed by atoms with E-state index in [-0.39, 0.29) is 12.0 Å². The van der Waals surface area contributed by atoms with Crippen LogP contribution in [0.25, 0.3) is 0 Å². The molecule has 0 unspecified atom stereocenters. The molecule has 0 aromatic carbocycles. The number of aliphatic hydroxyl groups is 5. The SMILES string of the molecule is C=C1C(=O)O[C@H]2[C@H]1CC[C@@](C)(O)[C@]1(O)[C@@H](O)[C@@H](O)[C@](C)(O)[C@H]21. The van der Waals surface area contributed by atoms with Gasteiger partial charge < -0.3 is 30.3 Å². The molecule has 5 N–H and O–H groups in total. The minimum Gasteiger partial charge on any atom is -0.458 e. The Morgan fingerprint density at radius 1 is 1.18 bits per heavy atom. The molecule has 3 fully saturated rings. The third-order valence-electron chi connectivity index (χ3n) is 5.94. The van der Waals surface area contributed by atoms with Gasteiger partial charge in [-0.15, -0.1) is 0 Å². The fourth-order valence-corrected chi connectivity index (χ4v) is 4.52. The first kappa shape index (κ1) is 15.9. The van der Waals surface area contributed by atoms with Crippen LogP contribution >= 0.6 is 0 Å². The Labute approximate surface area is 127 Å². The minimum absolute atomic E-state index is 0.0662. The smallest absolute Gasteiger partial charge is 0.334 e. The van der Waals surface area contributed by atoms with Crippen LogP contribution < -0.4 is 0 Å². The summed E-state index contributed by atoms with van der Waals surface area (Å²) in [6, 6.07) is 0. The van der Waals surface area contributed by atoms with Gasteiger partial charge in [-0.05, 0) is 26.7 Å². The highest BCUT2D eigenvalue weighted by Crippen LogP contribution is 2.57. The molecule has 2 aliphatic carbocycles. The van der Waals surface area contributed by atoms with E-state index in [9.17, 15) is 30.3 Å². The molecule has 0 radical (unpaired) electrons. The van der Waals surface area contributed by atoms with E-state index in [1.165, 1.54) is 13.8 Å². The molecule has 3 aliphatic rings. The third kappa shape index (κ3) is 1.60. The molecule has 2 saturated carbocycles. The van der Waals surface area contributed by atoms with Crippen LogP contribution in [-0.4, -0.2) is 66.6 Å². The summed E-state index contributed by atoms with van der Waals surface area (Å²) in [7, 11) is 0. The predicted octanol–water partition coefficient (Wildman–Crippen LogP) is -1.54. The second-order valence-corrected chi connectivity index (χ2v) is 7.23. The maximum Gasteiger partial charge on any atom is 0.334 e. The van der Waals surface area contributed by atoms with Gasteiger partial charge in [0.1, 0.15) is 23.9 Å². The molecule has 1 saturated heterocycles. The zero-order valence-electron chi connectivity index (χ0n) is 12.6. The van der Waals surface area contributed by atoms with Gasteiger partial charge in [-0.2, -0.15) is 0 Å². The molecule has 0 aromatic heterocycles. The highest BCUT2D eigenvalue weighted by molar-refractivity contribution is 5.91. The normalized spacial score (nSPS) is 58.0. The van der Waals surface area contributed by atoms with Crippen LogP contribution in [0.5, 0.6) is 0 Å². The van der Waals surface area contributed by atoms with E-state index in [0.717, 1.165) is 0 Å². The number of carbonyl (C=O) groups is 1. The fourth-order valence-electron chi connectivity index (χ4n) is 4.52. The highest BCUT2D eigenvalue weighted by Gasteiger charge is 2.75. The van der Waals surface area contributed by atoms with E-state index in [0.29, 0.717) is 6.42 Å². The molecule has 0 amide bonds. The minimum atomic E-state index is -2.21. The number of hydrogen-bond donors (Lipinski definition) is 5. The second kappa shape index (κ2) is 4.30. The molecule has 22 heavy (non-hydrogen) atoms. The van der Waals surface area contributed by atoms with Crippen molar-refractivity contribution in [2.75, 3.05) is 0 Å². The van der Waals surface area contributed by atoms with Gasteiger partial charge in [0.25, 0.3) is 0 Å². The van der Waals surface area contributed by atoms with Crippen molar-refractivity contribution in [2.24, 2.45) is 11.8 Å². The molecule has 7 nitrogen and oxygen atoms in total. The molecule has 8 atom stereocenters. The van der Waals surface area contributed by atoms with E-state index in [4.69, 9.17) is 4.74 Å². The van der Waals surface area contributed by atoms with Gasteiger partial charge in [0, 0.05) is 11.5 Å². The van der Waals surface area contributed by atoms with Crippen molar-refractivity contribution in [1.29, 1.82) is 0 Å². The molecule has 1 heterocycles. The van der Waals surface area contributed by atoms with Crippen molar-refractivity contribution in [3.63, 3.8) is 0 Å². The number of aliphatic hydroxyl groups excluding tert-OH is 2. The van der Waals surface area contributed by atoms with Crippen molar-refractivity contribution in [3.05, 3.63) is 12.2 Å². The van der Waals surface area contributed by atoms with E-state index < -0.39 is 52.9 Å². The van der Waals surface area contributed by atoms with Gasteiger partial charge in [0.2, 0.25) is 0 Å². The molecule has 3 rings (SSSR count). The molecular formula is C15H22O7. The van der Waals surface area contributed by atoms with Crippen molar-refractivity contribution in [2.45, 2.75) is 61.8 Å². The van der Waals surface area contributed by atoms with Crippen molar-refractivity contribution >= 4 is 5.97 Å². The fraction of sp³-hybridized carbons (Fsp3) is 0.800. The molecule has 0 bridgehead atoms. The Bertz CT molecular complexity index is 540. The van der Waals surface area contributed by atoms with Crippen LogP contribution in [-0.2, 0) is 9.53 Å². The first-order valence-electron chi connectivity index (χ1n) is 7.39. The lowest BCUT2D eigenvalue weighted by molar-refractivity contribution is -0.226. The van der Waals surface area contributed by atoms with Gasteiger partial charge in [-0.25, -0.2) is 4.79 Å². The number of fused-ring (bicyclic) bond motifs is 3. The lowest BCUT2D eigenvalue weighted by Crippen LogP contribution is -2.64. The third-order valence-corrected chi connectivity index (χ3v) is 5.94. The molecule has 0 aromatic rings. The van der Waals surface area contributed by atoms with Gasteiger partial charge >= 0.3 is 5.97 Å². The van der Waals surface area contributed by atoms with Crippen LogP contribution in [0, 0.1) is 11.8 Å². The molecular weight excluding hydrogens is 292 g/mol. The van der Waals surface area contributed by atoms with E-state index >= 15 is 0 Å². The van der Waals surface area contributed by atoms with Crippen LogP contribution in [0.1, 0.15) is 26.7 Å².